The van der Waals surface area contributed by atoms with Gasteiger partial charge in [-0.25, -0.2) is 4.79 Å². The summed E-state index contributed by atoms with van der Waals surface area (Å²) in [6.45, 7) is 0.502. The van der Waals surface area contributed by atoms with Crippen molar-refractivity contribution < 1.29 is 24.6 Å². The first-order valence-electron chi connectivity index (χ1n) is 5.93. The number of aliphatic carboxylic acids is 2. The van der Waals surface area contributed by atoms with Gasteiger partial charge in [0.05, 0.1) is 0 Å². The van der Waals surface area contributed by atoms with Crippen LogP contribution in [0.25, 0.3) is 0 Å². The summed E-state index contributed by atoms with van der Waals surface area (Å²) in [6.07, 6.45) is 6.20. The van der Waals surface area contributed by atoms with Crippen molar-refractivity contribution in [1.82, 2.24) is 5.32 Å². The largest absolute Gasteiger partial charge is 0.481 e. The average molecular weight is 261 g/mol. The predicted molar refractivity (Wildman–Crippen MR) is 65.1 cm³/mol. The van der Waals surface area contributed by atoms with E-state index in [1.54, 1.807) is 0 Å². The molecule has 0 aromatic heterocycles. The monoisotopic (exact) mass is 261 g/mol. The lowest BCUT2D eigenvalue weighted by molar-refractivity contribution is -0.137. The van der Waals surface area contributed by atoms with Gasteiger partial charge >= 0.3 is 11.9 Å². The first-order chi connectivity index (χ1) is 8.52. The van der Waals surface area contributed by atoms with Crippen LogP contribution < -0.4 is 5.32 Å². The van der Waals surface area contributed by atoms with Gasteiger partial charge in [-0.3, -0.25) is 9.59 Å². The zero-order valence-corrected chi connectivity index (χ0v) is 10.2. The Morgan fingerprint density at radius 2 is 1.50 bits per heavy atom. The third-order valence-corrected chi connectivity index (χ3v) is 2.24. The number of nitrogens with one attached hydrogen (secondary N) is 1. The van der Waals surface area contributed by atoms with Gasteiger partial charge in [0.1, 0.15) is 0 Å². The van der Waals surface area contributed by atoms with Crippen molar-refractivity contribution in [3.05, 3.63) is 12.2 Å². The third-order valence-electron chi connectivity index (χ3n) is 2.24. The number of amides is 1. The molecule has 18 heavy (non-hydrogen) atoms. The SMILES string of the molecule is O=C(O)CCCCCCCNC(=O)/[14CH]=[14CH]\C(=O)O. The number of hydrogen-bond acceptors (Lipinski definition) is 3. The highest BCUT2D eigenvalue weighted by molar-refractivity contribution is 5.93. The molecule has 0 spiro atoms. The van der Waals surface area contributed by atoms with Crippen LogP contribution in [0.3, 0.4) is 0 Å². The van der Waals surface area contributed by atoms with Gasteiger partial charge in [-0.15, -0.1) is 0 Å². The van der Waals surface area contributed by atoms with Crippen LogP contribution in [0, 0.1) is 0 Å². The Balaban J connectivity index is 3.32. The zero-order valence-electron chi connectivity index (χ0n) is 10.2. The molecule has 0 aliphatic carbocycles. The second kappa shape index (κ2) is 10.3. The summed E-state index contributed by atoms with van der Waals surface area (Å²) in [4.78, 5) is 31.4. The van der Waals surface area contributed by atoms with Crippen LogP contribution in [-0.4, -0.2) is 34.6 Å². The first kappa shape index (κ1) is 16.1. The molecule has 6 nitrogen and oxygen atoms in total. The second-order valence-corrected chi connectivity index (χ2v) is 3.87. The van der Waals surface area contributed by atoms with Gasteiger partial charge in [-0.1, -0.05) is 19.3 Å². The molecule has 0 bridgehead atoms. The summed E-state index contributed by atoms with van der Waals surface area (Å²) in [7, 11) is 0. The lowest BCUT2D eigenvalue weighted by Crippen LogP contribution is -2.22. The fraction of sp³-hybridized carbons (Fsp3) is 0.583. The molecule has 6 heteroatoms. The van der Waals surface area contributed by atoms with Gasteiger partial charge in [-0.2, -0.15) is 0 Å². The molecule has 0 heterocycles. The number of carboxylic acid groups (broad SMARTS) is 2. The van der Waals surface area contributed by atoms with Gasteiger partial charge in [0.2, 0.25) is 5.91 Å². The molecule has 1 amide bonds. The summed E-state index contributed by atoms with van der Waals surface area (Å²) >= 11 is 0. The van der Waals surface area contributed by atoms with Gasteiger partial charge in [0, 0.05) is 25.1 Å². The number of carbonyl (C=O) groups is 3. The van der Waals surface area contributed by atoms with E-state index in [1.807, 2.05) is 0 Å². The van der Waals surface area contributed by atoms with Gasteiger partial charge < -0.3 is 15.5 Å². The predicted octanol–water partition coefficient (Wildman–Crippen LogP) is 1.17. The van der Waals surface area contributed by atoms with Crippen molar-refractivity contribution >= 4 is 17.8 Å². The van der Waals surface area contributed by atoms with Crippen molar-refractivity contribution in [2.24, 2.45) is 0 Å². The molecular formula is C12H19NO5. The van der Waals surface area contributed by atoms with E-state index in [1.165, 1.54) is 0 Å². The van der Waals surface area contributed by atoms with E-state index in [-0.39, 0.29) is 6.42 Å². The molecule has 0 atom stereocenters. The lowest BCUT2D eigenvalue weighted by atomic mass is 10.1. The molecule has 0 aromatic carbocycles. The molecule has 0 radical (unpaired) electrons. The van der Waals surface area contributed by atoms with Crippen LogP contribution in [0.1, 0.15) is 38.5 Å². The van der Waals surface area contributed by atoms with Crippen LogP contribution in [0.5, 0.6) is 0 Å². The summed E-state index contributed by atoms with van der Waals surface area (Å²) in [5.74, 6) is -2.33. The van der Waals surface area contributed by atoms with E-state index < -0.39 is 17.8 Å². The summed E-state index contributed by atoms with van der Waals surface area (Å²) in [5.41, 5.74) is 0. The van der Waals surface area contributed by atoms with Crippen LogP contribution >= 0.6 is 0 Å². The summed E-state index contributed by atoms with van der Waals surface area (Å²) in [6, 6.07) is 0. The number of hydrogen-bond donors (Lipinski definition) is 3. The summed E-state index contributed by atoms with van der Waals surface area (Å²) < 4.78 is 0. The van der Waals surface area contributed by atoms with E-state index in [2.05, 4.69) is 5.32 Å². The van der Waals surface area contributed by atoms with E-state index in [9.17, 15) is 14.4 Å². The van der Waals surface area contributed by atoms with E-state index in [0.29, 0.717) is 13.0 Å². The van der Waals surface area contributed by atoms with Crippen molar-refractivity contribution in [1.29, 1.82) is 0 Å². The first-order valence-corrected chi connectivity index (χ1v) is 5.93. The number of carboxylic acids is 2. The van der Waals surface area contributed by atoms with Crippen molar-refractivity contribution in [2.45, 2.75) is 38.5 Å². The standard InChI is InChI=1S/C12H19NO5/c14-10(7-8-12(17)18)13-9-5-3-1-2-4-6-11(15)16/h7-8H,1-6,9H2,(H,13,14)(H,15,16)(H,17,18)/b8-7-/i7+2,8+2. The highest BCUT2D eigenvalue weighted by Crippen LogP contribution is 2.04. The van der Waals surface area contributed by atoms with E-state index in [4.69, 9.17) is 10.2 Å². The van der Waals surface area contributed by atoms with E-state index >= 15 is 0 Å². The number of unbranched alkanes of at least 4 members (excludes halogenated alkanes) is 4. The van der Waals surface area contributed by atoms with Gasteiger partial charge in [0.25, 0.3) is 0 Å². The zero-order chi connectivity index (χ0) is 13.8. The third kappa shape index (κ3) is 12.2. The molecule has 0 saturated carbocycles. The fourth-order valence-electron chi connectivity index (χ4n) is 1.35. The Morgan fingerprint density at radius 3 is 2.11 bits per heavy atom. The maximum Gasteiger partial charge on any atom is 0.328 e. The van der Waals surface area contributed by atoms with Crippen LogP contribution in [-0.2, 0) is 14.4 Å². The highest BCUT2D eigenvalue weighted by atomic mass is 16.4. The average Bonchev–Trinajstić information content (AvgIpc) is 2.29. The van der Waals surface area contributed by atoms with Crippen LogP contribution in [0.2, 0.25) is 0 Å². The van der Waals surface area contributed by atoms with Crippen molar-refractivity contribution in [2.75, 3.05) is 6.54 Å². The number of rotatable bonds is 10. The topological polar surface area (TPSA) is 104 Å². The number of carbonyl (C=O) groups excluding carboxylic acids is 1. The Bertz CT molecular complexity index is 312. The molecule has 0 aromatic rings. The molecule has 3 N–H and O–H groups in total. The quantitative estimate of drug-likeness (QED) is 0.404. The highest BCUT2D eigenvalue weighted by Gasteiger charge is 1.98. The Kier molecular flexibility index (Phi) is 9.25. The normalized spacial score (nSPS) is 10.4. The Labute approximate surface area is 106 Å². The molecular weight excluding hydrogens is 242 g/mol. The van der Waals surface area contributed by atoms with Crippen LogP contribution in [0.4, 0.5) is 0 Å². The molecule has 0 unspecified atom stereocenters. The fourth-order valence-corrected chi connectivity index (χ4v) is 1.35. The lowest BCUT2D eigenvalue weighted by Gasteiger charge is -2.02. The maximum absolute atomic E-state index is 11.0. The minimum Gasteiger partial charge on any atom is -0.481 e. The minimum absolute atomic E-state index is 0.205. The molecule has 0 rings (SSSR count). The van der Waals surface area contributed by atoms with Gasteiger partial charge in [0.15, 0.2) is 0 Å². The molecule has 102 valence electrons. The molecule has 0 fully saturated rings. The van der Waals surface area contributed by atoms with Gasteiger partial charge in [-0.05, 0) is 12.8 Å². The maximum atomic E-state index is 11.0. The Morgan fingerprint density at radius 1 is 0.889 bits per heavy atom. The van der Waals surface area contributed by atoms with Crippen LogP contribution in [0.15, 0.2) is 12.2 Å². The van der Waals surface area contributed by atoms with E-state index in [0.717, 1.165) is 37.8 Å². The molecule has 0 aliphatic rings. The molecule has 0 saturated heterocycles. The minimum atomic E-state index is -1.15. The smallest absolute Gasteiger partial charge is 0.328 e. The second-order valence-electron chi connectivity index (χ2n) is 3.87. The van der Waals surface area contributed by atoms with Crippen molar-refractivity contribution in [3.8, 4) is 0 Å². The summed E-state index contributed by atoms with van der Waals surface area (Å²) in [5, 5.41) is 19.3. The Hall–Kier alpha value is -1.85. The van der Waals surface area contributed by atoms with Crippen molar-refractivity contribution in [3.63, 3.8) is 0 Å². The molecule has 0 aliphatic heterocycles.